The SMILES string of the molecule is CC1CC(CN2CCOCC2)=CC=C1Nc1nc(CBr)cn(C)c1=O. The molecule has 1 saturated heterocycles. The van der Waals surface area contributed by atoms with Gasteiger partial charge in [0.25, 0.3) is 5.56 Å². The largest absolute Gasteiger partial charge is 0.379 e. The highest BCUT2D eigenvalue weighted by atomic mass is 79.9. The fraction of sp³-hybridized carbons (Fsp3) is 0.556. The smallest absolute Gasteiger partial charge is 0.293 e. The summed E-state index contributed by atoms with van der Waals surface area (Å²) < 4.78 is 6.98. The van der Waals surface area contributed by atoms with Gasteiger partial charge in [0.15, 0.2) is 5.82 Å². The molecule has 1 aliphatic carbocycles. The molecule has 2 aliphatic rings. The number of nitrogens with one attached hydrogen (secondary N) is 1. The summed E-state index contributed by atoms with van der Waals surface area (Å²) in [5.41, 5.74) is 3.19. The number of halogens is 1. The third kappa shape index (κ3) is 4.59. The van der Waals surface area contributed by atoms with Gasteiger partial charge in [-0.05, 0) is 18.4 Å². The van der Waals surface area contributed by atoms with Crippen molar-refractivity contribution in [1.82, 2.24) is 14.5 Å². The molecular formula is C18H25BrN4O2. The quantitative estimate of drug-likeness (QED) is 0.757. The summed E-state index contributed by atoms with van der Waals surface area (Å²) in [6.45, 7) is 6.83. The molecule has 0 aromatic carbocycles. The molecule has 0 spiro atoms. The van der Waals surface area contributed by atoms with Crippen molar-refractivity contribution in [2.45, 2.75) is 18.7 Å². The zero-order chi connectivity index (χ0) is 17.8. The summed E-state index contributed by atoms with van der Waals surface area (Å²) in [5.74, 6) is 0.725. The van der Waals surface area contributed by atoms with Gasteiger partial charge in [0.2, 0.25) is 0 Å². The van der Waals surface area contributed by atoms with Gasteiger partial charge >= 0.3 is 0 Å². The van der Waals surface area contributed by atoms with Gasteiger partial charge in [0.05, 0.1) is 18.9 Å². The summed E-state index contributed by atoms with van der Waals surface area (Å²) >= 11 is 3.40. The molecule has 3 rings (SSSR count). The first kappa shape index (κ1) is 18.4. The van der Waals surface area contributed by atoms with Crippen LogP contribution in [0.2, 0.25) is 0 Å². The van der Waals surface area contributed by atoms with Crippen LogP contribution in [0.15, 0.2) is 34.4 Å². The van der Waals surface area contributed by atoms with Crippen molar-refractivity contribution < 1.29 is 4.74 Å². The van der Waals surface area contributed by atoms with E-state index in [-0.39, 0.29) is 5.56 Å². The zero-order valence-electron chi connectivity index (χ0n) is 14.8. The van der Waals surface area contributed by atoms with Crippen LogP contribution in [0, 0.1) is 5.92 Å². The summed E-state index contributed by atoms with van der Waals surface area (Å²) in [7, 11) is 1.75. The number of ether oxygens (including phenoxy) is 1. The maximum Gasteiger partial charge on any atom is 0.293 e. The molecule has 6 nitrogen and oxygen atoms in total. The second-order valence-corrected chi connectivity index (χ2v) is 7.26. The van der Waals surface area contributed by atoms with Crippen molar-refractivity contribution >= 4 is 21.7 Å². The van der Waals surface area contributed by atoms with E-state index >= 15 is 0 Å². The van der Waals surface area contributed by atoms with Crippen LogP contribution in [-0.2, 0) is 17.1 Å². The van der Waals surface area contributed by atoms with Gasteiger partial charge in [-0.3, -0.25) is 9.69 Å². The minimum Gasteiger partial charge on any atom is -0.379 e. The van der Waals surface area contributed by atoms with Gasteiger partial charge in [0.1, 0.15) is 0 Å². The number of allylic oxidation sites excluding steroid dienone is 3. The topological polar surface area (TPSA) is 59.4 Å². The molecule has 1 aromatic heterocycles. The van der Waals surface area contributed by atoms with Gasteiger partial charge in [-0.2, -0.15) is 0 Å². The molecule has 136 valence electrons. The van der Waals surface area contributed by atoms with Crippen molar-refractivity contribution in [2.75, 3.05) is 38.2 Å². The first-order valence-corrected chi connectivity index (χ1v) is 9.78. The number of morpholine rings is 1. The van der Waals surface area contributed by atoms with E-state index in [0.717, 1.165) is 50.7 Å². The average Bonchev–Trinajstić information content (AvgIpc) is 2.61. The first-order valence-electron chi connectivity index (χ1n) is 8.66. The summed E-state index contributed by atoms with van der Waals surface area (Å²) in [4.78, 5) is 19.2. The van der Waals surface area contributed by atoms with Crippen LogP contribution < -0.4 is 10.9 Å². The van der Waals surface area contributed by atoms with Crippen molar-refractivity contribution in [2.24, 2.45) is 13.0 Å². The van der Waals surface area contributed by atoms with Crippen molar-refractivity contribution in [3.8, 4) is 0 Å². The molecule has 1 N–H and O–H groups in total. The lowest BCUT2D eigenvalue weighted by atomic mass is 9.92. The molecular weight excluding hydrogens is 384 g/mol. The standard InChI is InChI=1S/C18H25BrN4O2/c1-13-9-14(11-23-5-7-25-8-6-23)3-4-16(13)21-17-18(24)22(2)12-15(10-19)20-17/h3-4,12-13H,5-11H2,1-2H3,(H,20,21). The zero-order valence-corrected chi connectivity index (χ0v) is 16.4. The van der Waals surface area contributed by atoms with Crippen LogP contribution >= 0.6 is 15.9 Å². The molecule has 25 heavy (non-hydrogen) atoms. The second kappa shape index (κ2) is 8.29. The molecule has 1 aromatic rings. The first-order chi connectivity index (χ1) is 12.1. The van der Waals surface area contributed by atoms with Crippen molar-refractivity contribution in [3.63, 3.8) is 0 Å². The third-order valence-electron chi connectivity index (χ3n) is 4.65. The molecule has 1 aliphatic heterocycles. The number of aromatic nitrogens is 2. The number of aryl methyl sites for hydroxylation is 1. The number of hydrogen-bond donors (Lipinski definition) is 1. The fourth-order valence-electron chi connectivity index (χ4n) is 3.22. The van der Waals surface area contributed by atoms with E-state index in [1.165, 1.54) is 5.57 Å². The highest BCUT2D eigenvalue weighted by Gasteiger charge is 2.20. The maximum atomic E-state index is 12.3. The highest BCUT2D eigenvalue weighted by Crippen LogP contribution is 2.26. The Hall–Kier alpha value is -1.44. The van der Waals surface area contributed by atoms with E-state index in [2.05, 4.69) is 50.2 Å². The molecule has 0 saturated carbocycles. The predicted octanol–water partition coefficient (Wildman–Crippen LogP) is 2.27. The Morgan fingerprint density at radius 1 is 1.36 bits per heavy atom. The van der Waals surface area contributed by atoms with Crippen LogP contribution in [-0.4, -0.2) is 47.3 Å². The van der Waals surface area contributed by atoms with Crippen LogP contribution in [0.25, 0.3) is 0 Å². The average molecular weight is 409 g/mol. The Morgan fingerprint density at radius 3 is 2.80 bits per heavy atom. The Kier molecular flexibility index (Phi) is 6.09. The predicted molar refractivity (Wildman–Crippen MR) is 103 cm³/mol. The Balaban J connectivity index is 1.72. The Bertz CT molecular complexity index is 735. The fourth-order valence-corrected chi connectivity index (χ4v) is 3.49. The van der Waals surface area contributed by atoms with Crippen LogP contribution in [0.5, 0.6) is 0 Å². The van der Waals surface area contributed by atoms with Gasteiger partial charge in [-0.1, -0.05) is 34.5 Å². The molecule has 2 heterocycles. The lowest BCUT2D eigenvalue weighted by Gasteiger charge is -2.30. The van der Waals surface area contributed by atoms with Crippen LogP contribution in [0.3, 0.4) is 0 Å². The second-order valence-electron chi connectivity index (χ2n) is 6.70. The number of anilines is 1. The lowest BCUT2D eigenvalue weighted by molar-refractivity contribution is 0.0418. The molecule has 7 heteroatoms. The van der Waals surface area contributed by atoms with Crippen LogP contribution in [0.4, 0.5) is 5.82 Å². The normalized spacial score (nSPS) is 21.6. The van der Waals surface area contributed by atoms with Crippen molar-refractivity contribution in [3.05, 3.63) is 45.7 Å². The minimum atomic E-state index is -0.110. The van der Waals surface area contributed by atoms with Gasteiger partial charge < -0.3 is 14.6 Å². The van der Waals surface area contributed by atoms with E-state index in [0.29, 0.717) is 17.1 Å². The summed E-state index contributed by atoms with van der Waals surface area (Å²) in [6.07, 6.45) is 7.01. The molecule has 1 fully saturated rings. The number of alkyl halides is 1. The Labute approximate surface area is 156 Å². The maximum absolute atomic E-state index is 12.3. The van der Waals surface area contributed by atoms with Gasteiger partial charge in [0, 0.05) is 43.9 Å². The molecule has 0 radical (unpaired) electrons. The number of hydrogen-bond acceptors (Lipinski definition) is 5. The lowest BCUT2D eigenvalue weighted by Crippen LogP contribution is -2.38. The third-order valence-corrected chi connectivity index (χ3v) is 5.22. The van der Waals surface area contributed by atoms with E-state index in [4.69, 9.17) is 4.74 Å². The summed E-state index contributed by atoms with van der Waals surface area (Å²) in [5, 5.41) is 3.88. The Morgan fingerprint density at radius 2 is 2.12 bits per heavy atom. The highest BCUT2D eigenvalue weighted by molar-refractivity contribution is 9.08. The van der Waals surface area contributed by atoms with E-state index in [9.17, 15) is 4.79 Å². The summed E-state index contributed by atoms with van der Waals surface area (Å²) in [6, 6.07) is 0. The van der Waals surface area contributed by atoms with Gasteiger partial charge in [-0.15, -0.1) is 0 Å². The van der Waals surface area contributed by atoms with E-state index < -0.39 is 0 Å². The molecule has 1 unspecified atom stereocenters. The number of rotatable bonds is 5. The van der Waals surface area contributed by atoms with Crippen molar-refractivity contribution in [1.29, 1.82) is 0 Å². The van der Waals surface area contributed by atoms with Gasteiger partial charge in [-0.25, -0.2) is 4.98 Å². The molecule has 1 atom stereocenters. The minimum absolute atomic E-state index is 0.110. The van der Waals surface area contributed by atoms with E-state index in [1.807, 2.05) is 0 Å². The molecule has 0 bridgehead atoms. The monoisotopic (exact) mass is 408 g/mol. The van der Waals surface area contributed by atoms with Crippen LogP contribution in [0.1, 0.15) is 19.0 Å². The molecule has 0 amide bonds. The number of nitrogens with zero attached hydrogens (tertiary/aromatic N) is 3. The van der Waals surface area contributed by atoms with E-state index in [1.54, 1.807) is 17.8 Å².